The molecular formula is C19H15N3O2S2. The summed E-state index contributed by atoms with van der Waals surface area (Å²) in [6.07, 6.45) is 1.59. The van der Waals surface area contributed by atoms with E-state index in [9.17, 15) is 8.42 Å². The molecule has 0 spiro atoms. The summed E-state index contributed by atoms with van der Waals surface area (Å²) in [4.78, 5) is 9.79. The minimum atomic E-state index is -3.79. The zero-order chi connectivity index (χ0) is 18.1. The molecule has 0 aliphatic heterocycles. The summed E-state index contributed by atoms with van der Waals surface area (Å²) in [6.45, 7) is 1.93. The highest BCUT2D eigenvalue weighted by Crippen LogP contribution is 2.32. The van der Waals surface area contributed by atoms with Crippen molar-refractivity contribution in [2.45, 2.75) is 11.8 Å². The van der Waals surface area contributed by atoms with Crippen LogP contribution in [-0.4, -0.2) is 18.4 Å². The zero-order valence-electron chi connectivity index (χ0n) is 13.9. The number of aromatic nitrogens is 2. The lowest BCUT2D eigenvalue weighted by atomic mass is 10.1. The minimum Gasteiger partial charge on any atom is -0.255 e. The van der Waals surface area contributed by atoms with Crippen molar-refractivity contribution in [3.63, 3.8) is 0 Å². The summed E-state index contributed by atoms with van der Waals surface area (Å²) in [5.41, 5.74) is 2.18. The Hall–Kier alpha value is -2.77. The van der Waals surface area contributed by atoms with Gasteiger partial charge in [-0.25, -0.2) is 13.4 Å². The number of aryl methyl sites for hydroxylation is 1. The fourth-order valence-electron chi connectivity index (χ4n) is 2.77. The van der Waals surface area contributed by atoms with Crippen LogP contribution >= 0.6 is 11.3 Å². The van der Waals surface area contributed by atoms with Gasteiger partial charge in [0.05, 0.1) is 11.2 Å². The molecule has 26 heavy (non-hydrogen) atoms. The van der Waals surface area contributed by atoms with Gasteiger partial charge in [-0.15, -0.1) is 11.3 Å². The van der Waals surface area contributed by atoms with Crippen LogP contribution in [0.2, 0.25) is 0 Å². The van der Waals surface area contributed by atoms with Crippen molar-refractivity contribution in [3.05, 3.63) is 71.7 Å². The van der Waals surface area contributed by atoms with Gasteiger partial charge in [0.2, 0.25) is 0 Å². The Morgan fingerprint density at radius 1 is 0.962 bits per heavy atom. The summed E-state index contributed by atoms with van der Waals surface area (Å²) >= 11 is 1.31. The maximum absolute atomic E-state index is 12.9. The molecule has 0 amide bonds. The van der Waals surface area contributed by atoms with E-state index in [2.05, 4.69) is 14.7 Å². The molecule has 0 saturated carbocycles. The molecule has 4 rings (SSSR count). The first-order valence-corrected chi connectivity index (χ1v) is 10.2. The van der Waals surface area contributed by atoms with Gasteiger partial charge in [-0.2, -0.15) is 0 Å². The number of anilines is 1. The predicted octanol–water partition coefficient (Wildman–Crippen LogP) is 4.47. The van der Waals surface area contributed by atoms with Crippen molar-refractivity contribution in [3.8, 4) is 11.3 Å². The van der Waals surface area contributed by atoms with E-state index in [1.54, 1.807) is 24.4 Å². The molecule has 130 valence electrons. The van der Waals surface area contributed by atoms with Crippen molar-refractivity contribution < 1.29 is 8.42 Å². The number of thiazole rings is 1. The van der Waals surface area contributed by atoms with Gasteiger partial charge in [-0.05, 0) is 19.1 Å². The molecule has 0 bridgehead atoms. The van der Waals surface area contributed by atoms with Crippen LogP contribution in [0, 0.1) is 6.92 Å². The largest absolute Gasteiger partial charge is 0.265 e. The van der Waals surface area contributed by atoms with Gasteiger partial charge in [-0.1, -0.05) is 48.5 Å². The molecule has 7 heteroatoms. The standard InChI is InChI=1S/C19H15N3O2S2/c1-13-17(14-7-3-2-4-8-14)21-19(25-13)22-26(23,24)16-11-5-9-15-10-6-12-20-18(15)16/h2-12H,1H3,(H,21,22). The lowest BCUT2D eigenvalue weighted by molar-refractivity contribution is 0.602. The fourth-order valence-corrected chi connectivity index (χ4v) is 5.02. The molecule has 2 aromatic carbocycles. The highest BCUT2D eigenvalue weighted by atomic mass is 32.2. The summed E-state index contributed by atoms with van der Waals surface area (Å²) < 4.78 is 28.4. The van der Waals surface area contributed by atoms with Gasteiger partial charge in [-0.3, -0.25) is 9.71 Å². The third kappa shape index (κ3) is 3.07. The number of pyridine rings is 1. The highest BCUT2D eigenvalue weighted by molar-refractivity contribution is 7.93. The number of benzene rings is 2. The number of rotatable bonds is 4. The van der Waals surface area contributed by atoms with Crippen molar-refractivity contribution in [1.29, 1.82) is 0 Å². The molecular weight excluding hydrogens is 366 g/mol. The van der Waals surface area contributed by atoms with Crippen LogP contribution in [0.1, 0.15) is 4.88 Å². The Balaban J connectivity index is 1.73. The lowest BCUT2D eigenvalue weighted by Crippen LogP contribution is -2.13. The first-order chi connectivity index (χ1) is 12.5. The molecule has 2 heterocycles. The summed E-state index contributed by atoms with van der Waals surface area (Å²) in [5, 5.41) is 1.12. The molecule has 5 nitrogen and oxygen atoms in total. The Morgan fingerprint density at radius 3 is 2.54 bits per heavy atom. The van der Waals surface area contributed by atoms with E-state index in [0.717, 1.165) is 21.5 Å². The third-order valence-corrected chi connectivity index (χ3v) is 6.34. The SMILES string of the molecule is Cc1sc(NS(=O)(=O)c2cccc3cccnc23)nc1-c1ccccc1. The molecule has 2 aromatic heterocycles. The Kier molecular flexibility index (Phi) is 4.18. The zero-order valence-corrected chi connectivity index (χ0v) is 15.5. The van der Waals surface area contributed by atoms with Gasteiger partial charge in [0, 0.05) is 22.0 Å². The smallest absolute Gasteiger partial charge is 0.255 e. The van der Waals surface area contributed by atoms with Crippen molar-refractivity contribution in [2.24, 2.45) is 0 Å². The van der Waals surface area contributed by atoms with Gasteiger partial charge >= 0.3 is 0 Å². The first-order valence-electron chi connectivity index (χ1n) is 7.94. The number of nitrogens with zero attached hydrogens (tertiary/aromatic N) is 2. The average Bonchev–Trinajstić information content (AvgIpc) is 3.01. The van der Waals surface area contributed by atoms with Crippen LogP contribution in [0.15, 0.2) is 71.8 Å². The molecule has 0 saturated heterocycles. The van der Waals surface area contributed by atoms with E-state index < -0.39 is 10.0 Å². The second kappa shape index (κ2) is 6.51. The Labute approximate surface area is 155 Å². The van der Waals surface area contributed by atoms with E-state index in [1.165, 1.54) is 11.3 Å². The van der Waals surface area contributed by atoms with Crippen LogP contribution in [0.25, 0.3) is 22.2 Å². The predicted molar refractivity (Wildman–Crippen MR) is 105 cm³/mol. The number of nitrogens with one attached hydrogen (secondary N) is 1. The van der Waals surface area contributed by atoms with E-state index in [0.29, 0.717) is 10.6 Å². The van der Waals surface area contributed by atoms with Gasteiger partial charge in [0.25, 0.3) is 10.0 Å². The number of fused-ring (bicyclic) bond motifs is 1. The number of para-hydroxylation sites is 1. The van der Waals surface area contributed by atoms with Gasteiger partial charge < -0.3 is 0 Å². The van der Waals surface area contributed by atoms with Crippen LogP contribution < -0.4 is 4.72 Å². The van der Waals surface area contributed by atoms with Crippen LogP contribution in [0.4, 0.5) is 5.13 Å². The van der Waals surface area contributed by atoms with Gasteiger partial charge in [0.1, 0.15) is 4.90 Å². The Morgan fingerprint density at radius 2 is 1.73 bits per heavy atom. The number of sulfonamides is 1. The highest BCUT2D eigenvalue weighted by Gasteiger charge is 2.21. The van der Waals surface area contributed by atoms with Crippen LogP contribution in [-0.2, 0) is 10.0 Å². The Bertz CT molecular complexity index is 1180. The van der Waals surface area contributed by atoms with Crippen LogP contribution in [0.3, 0.4) is 0 Å². The van der Waals surface area contributed by atoms with E-state index in [4.69, 9.17) is 0 Å². The summed E-state index contributed by atoms with van der Waals surface area (Å²) in [6, 6.07) is 18.4. The van der Waals surface area contributed by atoms with Crippen LogP contribution in [0.5, 0.6) is 0 Å². The molecule has 0 aliphatic rings. The van der Waals surface area contributed by atoms with Gasteiger partial charge in [0.15, 0.2) is 5.13 Å². The maximum atomic E-state index is 12.9. The van der Waals surface area contributed by atoms with E-state index >= 15 is 0 Å². The first kappa shape index (κ1) is 16.7. The molecule has 0 fully saturated rings. The van der Waals surface area contributed by atoms with Crippen molar-refractivity contribution in [2.75, 3.05) is 4.72 Å². The third-order valence-electron chi connectivity index (χ3n) is 3.95. The molecule has 0 atom stereocenters. The van der Waals surface area contributed by atoms with Crippen molar-refractivity contribution >= 4 is 37.4 Å². The monoisotopic (exact) mass is 381 g/mol. The normalized spacial score (nSPS) is 11.6. The van der Waals surface area contributed by atoms with E-state index in [-0.39, 0.29) is 4.90 Å². The molecule has 0 aliphatic carbocycles. The lowest BCUT2D eigenvalue weighted by Gasteiger charge is -2.07. The maximum Gasteiger partial charge on any atom is 0.265 e. The second-order valence-corrected chi connectivity index (χ2v) is 8.58. The quantitative estimate of drug-likeness (QED) is 0.566. The minimum absolute atomic E-state index is 0.143. The fraction of sp³-hybridized carbons (Fsp3) is 0.0526. The number of hydrogen-bond acceptors (Lipinski definition) is 5. The molecule has 4 aromatic rings. The number of hydrogen-bond donors (Lipinski definition) is 1. The summed E-state index contributed by atoms with van der Waals surface area (Å²) in [5.74, 6) is 0. The topological polar surface area (TPSA) is 72.0 Å². The molecule has 0 unspecified atom stereocenters. The summed E-state index contributed by atoms with van der Waals surface area (Å²) in [7, 11) is -3.79. The van der Waals surface area contributed by atoms with Crippen molar-refractivity contribution in [1.82, 2.24) is 9.97 Å². The second-order valence-electron chi connectivity index (χ2n) is 5.73. The van der Waals surface area contributed by atoms with E-state index in [1.807, 2.05) is 49.4 Å². The molecule has 1 N–H and O–H groups in total. The average molecular weight is 381 g/mol. The molecule has 0 radical (unpaired) electrons.